The number of anilines is 1. The Kier molecular flexibility index (Phi) is 5.37. The average Bonchev–Trinajstić information content (AvgIpc) is 2.55. The quantitative estimate of drug-likeness (QED) is 0.839. The van der Waals surface area contributed by atoms with E-state index in [2.05, 4.69) is 12.2 Å². The first-order valence-electron chi connectivity index (χ1n) is 7.35. The van der Waals surface area contributed by atoms with Crippen LogP contribution in [0.15, 0.2) is 48.5 Å². The first-order chi connectivity index (χ1) is 10.6. The van der Waals surface area contributed by atoms with E-state index in [-0.39, 0.29) is 5.91 Å². The molecule has 0 atom stereocenters. The number of para-hydroxylation sites is 1. The molecule has 0 radical (unpaired) electrons. The molecule has 0 bridgehead atoms. The highest BCUT2D eigenvalue weighted by Gasteiger charge is 2.06. The van der Waals surface area contributed by atoms with Crippen LogP contribution >= 0.6 is 0 Å². The van der Waals surface area contributed by atoms with Gasteiger partial charge in [-0.25, -0.2) is 0 Å². The summed E-state index contributed by atoms with van der Waals surface area (Å²) in [5, 5.41) is 2.97. The first-order valence-corrected chi connectivity index (χ1v) is 7.35. The largest absolute Gasteiger partial charge is 0.497 e. The van der Waals surface area contributed by atoms with E-state index in [0.29, 0.717) is 0 Å². The molecule has 0 aliphatic heterocycles. The summed E-state index contributed by atoms with van der Waals surface area (Å²) in [5.74, 6) is 0.675. The number of hydrogen-bond acceptors (Lipinski definition) is 2. The highest BCUT2D eigenvalue weighted by Crippen LogP contribution is 2.21. The number of hydrogen-bond donors (Lipinski definition) is 1. The Hall–Kier alpha value is -2.55. The van der Waals surface area contributed by atoms with Gasteiger partial charge in [-0.05, 0) is 48.2 Å². The molecule has 2 aromatic carbocycles. The van der Waals surface area contributed by atoms with Crippen LogP contribution < -0.4 is 10.1 Å². The second kappa shape index (κ2) is 7.46. The molecule has 22 heavy (non-hydrogen) atoms. The van der Waals surface area contributed by atoms with Gasteiger partial charge >= 0.3 is 0 Å². The Labute approximate surface area is 131 Å². The number of nitrogens with one attached hydrogen (secondary N) is 1. The van der Waals surface area contributed by atoms with E-state index in [1.54, 1.807) is 19.3 Å². The molecule has 0 aliphatic rings. The molecule has 0 fully saturated rings. The molecule has 3 nitrogen and oxygen atoms in total. The monoisotopic (exact) mass is 295 g/mol. The number of amides is 1. The maximum Gasteiger partial charge on any atom is 0.248 e. The fourth-order valence-electron chi connectivity index (χ4n) is 2.25. The zero-order chi connectivity index (χ0) is 15.9. The number of ether oxygens (including phenoxy) is 1. The molecule has 0 aliphatic carbocycles. The second-order valence-corrected chi connectivity index (χ2v) is 5.06. The van der Waals surface area contributed by atoms with Crippen molar-refractivity contribution >= 4 is 17.7 Å². The Morgan fingerprint density at radius 1 is 1.18 bits per heavy atom. The lowest BCUT2D eigenvalue weighted by Crippen LogP contribution is -2.11. The minimum absolute atomic E-state index is 0.125. The Morgan fingerprint density at radius 3 is 2.55 bits per heavy atom. The van der Waals surface area contributed by atoms with E-state index in [4.69, 9.17) is 4.74 Å². The normalized spacial score (nSPS) is 10.7. The smallest absolute Gasteiger partial charge is 0.248 e. The number of rotatable bonds is 5. The van der Waals surface area contributed by atoms with E-state index in [1.807, 2.05) is 49.4 Å². The van der Waals surface area contributed by atoms with Gasteiger partial charge < -0.3 is 10.1 Å². The second-order valence-electron chi connectivity index (χ2n) is 5.06. The lowest BCUT2D eigenvalue weighted by molar-refractivity contribution is -0.111. The summed E-state index contributed by atoms with van der Waals surface area (Å²) < 4.78 is 5.11. The van der Waals surface area contributed by atoms with Crippen LogP contribution in [0.5, 0.6) is 5.75 Å². The van der Waals surface area contributed by atoms with E-state index in [1.165, 1.54) is 0 Å². The fourth-order valence-corrected chi connectivity index (χ4v) is 2.25. The van der Waals surface area contributed by atoms with E-state index >= 15 is 0 Å². The molecule has 0 unspecified atom stereocenters. The first kappa shape index (κ1) is 15.8. The Balaban J connectivity index is 2.08. The average molecular weight is 295 g/mol. The van der Waals surface area contributed by atoms with Crippen molar-refractivity contribution in [2.24, 2.45) is 0 Å². The van der Waals surface area contributed by atoms with Crippen molar-refractivity contribution in [1.29, 1.82) is 0 Å². The molecule has 2 rings (SSSR count). The van der Waals surface area contributed by atoms with Gasteiger partial charge in [-0.2, -0.15) is 0 Å². The molecule has 0 saturated carbocycles. The number of benzene rings is 2. The van der Waals surface area contributed by atoms with E-state index in [0.717, 1.165) is 34.5 Å². The van der Waals surface area contributed by atoms with E-state index < -0.39 is 0 Å². The molecule has 1 N–H and O–H groups in total. The number of carbonyl (C=O) groups is 1. The molecular formula is C19H21NO2. The van der Waals surface area contributed by atoms with E-state index in [9.17, 15) is 4.79 Å². The van der Waals surface area contributed by atoms with Crippen molar-refractivity contribution in [3.63, 3.8) is 0 Å². The Morgan fingerprint density at radius 2 is 1.91 bits per heavy atom. The summed E-state index contributed by atoms with van der Waals surface area (Å²) >= 11 is 0. The molecule has 114 valence electrons. The standard InChI is InChI=1S/C19H21NO2/c1-4-16-7-5-6-14(2)19(16)20-18(21)13-10-15-8-11-17(22-3)12-9-15/h5-13H,4H2,1-3H3,(H,20,21)/b13-10+. The summed E-state index contributed by atoms with van der Waals surface area (Å²) in [7, 11) is 1.63. The molecule has 0 aromatic heterocycles. The lowest BCUT2D eigenvalue weighted by atomic mass is 10.1. The van der Waals surface area contributed by atoms with Gasteiger partial charge in [0.25, 0.3) is 0 Å². The topological polar surface area (TPSA) is 38.3 Å². The Bertz CT molecular complexity index is 672. The van der Waals surface area contributed by atoms with Crippen molar-refractivity contribution in [3.8, 4) is 5.75 Å². The van der Waals surface area contributed by atoms with Crippen molar-refractivity contribution in [1.82, 2.24) is 0 Å². The van der Waals surface area contributed by atoms with Gasteiger partial charge in [0, 0.05) is 11.8 Å². The molecule has 1 amide bonds. The van der Waals surface area contributed by atoms with Crippen molar-refractivity contribution in [3.05, 3.63) is 65.2 Å². The van der Waals surface area contributed by atoms with Crippen LogP contribution in [0, 0.1) is 6.92 Å². The van der Waals surface area contributed by atoms with Crippen LogP contribution in [0.25, 0.3) is 6.08 Å². The molecule has 0 heterocycles. The van der Waals surface area contributed by atoms with Gasteiger partial charge in [0.2, 0.25) is 5.91 Å². The van der Waals surface area contributed by atoms with Gasteiger partial charge in [-0.3, -0.25) is 4.79 Å². The van der Waals surface area contributed by atoms with Gasteiger partial charge in [-0.15, -0.1) is 0 Å². The van der Waals surface area contributed by atoms with Gasteiger partial charge in [-0.1, -0.05) is 37.3 Å². The molecule has 2 aromatic rings. The summed E-state index contributed by atoms with van der Waals surface area (Å²) in [4.78, 5) is 12.1. The maximum atomic E-state index is 12.1. The van der Waals surface area contributed by atoms with Crippen LogP contribution in [0.3, 0.4) is 0 Å². The van der Waals surface area contributed by atoms with Crippen LogP contribution in [0.1, 0.15) is 23.6 Å². The summed E-state index contributed by atoms with van der Waals surface area (Å²) in [6.45, 7) is 4.08. The zero-order valence-electron chi connectivity index (χ0n) is 13.2. The van der Waals surface area contributed by atoms with Crippen LogP contribution in [-0.4, -0.2) is 13.0 Å². The minimum Gasteiger partial charge on any atom is -0.497 e. The number of aryl methyl sites for hydroxylation is 2. The number of carbonyl (C=O) groups excluding carboxylic acids is 1. The number of methoxy groups -OCH3 is 1. The third-order valence-corrected chi connectivity index (χ3v) is 3.53. The fraction of sp³-hybridized carbons (Fsp3) is 0.211. The van der Waals surface area contributed by atoms with Crippen molar-refractivity contribution in [2.75, 3.05) is 12.4 Å². The van der Waals surface area contributed by atoms with Crippen LogP contribution in [-0.2, 0) is 11.2 Å². The van der Waals surface area contributed by atoms with Gasteiger partial charge in [0.15, 0.2) is 0 Å². The lowest BCUT2D eigenvalue weighted by Gasteiger charge is -2.11. The van der Waals surface area contributed by atoms with Crippen LogP contribution in [0.4, 0.5) is 5.69 Å². The third-order valence-electron chi connectivity index (χ3n) is 3.53. The van der Waals surface area contributed by atoms with Crippen molar-refractivity contribution < 1.29 is 9.53 Å². The molecule has 0 saturated heterocycles. The summed E-state index contributed by atoms with van der Waals surface area (Å²) in [6, 6.07) is 13.6. The summed E-state index contributed by atoms with van der Waals surface area (Å²) in [6.07, 6.45) is 4.23. The SMILES string of the molecule is CCc1cccc(C)c1NC(=O)/C=C/c1ccc(OC)cc1. The highest BCUT2D eigenvalue weighted by molar-refractivity contribution is 6.02. The molecular weight excluding hydrogens is 274 g/mol. The summed E-state index contributed by atoms with van der Waals surface area (Å²) in [5.41, 5.74) is 4.09. The van der Waals surface area contributed by atoms with Crippen LogP contribution in [0.2, 0.25) is 0 Å². The highest BCUT2D eigenvalue weighted by atomic mass is 16.5. The maximum absolute atomic E-state index is 12.1. The zero-order valence-corrected chi connectivity index (χ0v) is 13.2. The third kappa shape index (κ3) is 3.98. The minimum atomic E-state index is -0.125. The predicted octanol–water partition coefficient (Wildman–Crippen LogP) is 4.22. The van der Waals surface area contributed by atoms with Crippen molar-refractivity contribution in [2.45, 2.75) is 20.3 Å². The van der Waals surface area contributed by atoms with Gasteiger partial charge in [0.05, 0.1) is 7.11 Å². The van der Waals surface area contributed by atoms with Gasteiger partial charge in [0.1, 0.15) is 5.75 Å². The molecule has 3 heteroatoms. The molecule has 0 spiro atoms. The predicted molar refractivity (Wildman–Crippen MR) is 91.2 cm³/mol.